The topological polar surface area (TPSA) is 0 Å². The molecule has 0 aliphatic carbocycles. The summed E-state index contributed by atoms with van der Waals surface area (Å²) in [6, 6.07) is 34.5. The SMILES string of the molecule is Brc1cc(-c2ccccc2)c(-c2ccc(-c3sc(Br)cc3-c3ccccc3)cc2)s1. The third-order valence-corrected chi connectivity index (χ3v) is 8.36. The first-order valence-electron chi connectivity index (χ1n) is 9.49. The molecule has 0 N–H and O–H groups in total. The quantitative estimate of drug-likeness (QED) is 0.208. The molecule has 0 radical (unpaired) electrons. The molecule has 4 heteroatoms. The molecule has 3 aromatic carbocycles. The van der Waals surface area contributed by atoms with Gasteiger partial charge in [0.05, 0.1) is 7.57 Å². The maximum absolute atomic E-state index is 3.68. The lowest BCUT2D eigenvalue weighted by molar-refractivity contribution is 1.63. The highest BCUT2D eigenvalue weighted by atomic mass is 79.9. The molecule has 30 heavy (non-hydrogen) atoms. The minimum atomic E-state index is 1.15. The van der Waals surface area contributed by atoms with Gasteiger partial charge in [-0.25, -0.2) is 0 Å². The lowest BCUT2D eigenvalue weighted by Gasteiger charge is -2.07. The zero-order valence-electron chi connectivity index (χ0n) is 15.8. The van der Waals surface area contributed by atoms with Crippen LogP contribution in [-0.4, -0.2) is 0 Å². The number of hydrogen-bond acceptors (Lipinski definition) is 2. The van der Waals surface area contributed by atoms with Crippen LogP contribution in [0.25, 0.3) is 43.1 Å². The van der Waals surface area contributed by atoms with E-state index in [1.165, 1.54) is 43.1 Å². The fourth-order valence-electron chi connectivity index (χ4n) is 3.59. The molecule has 2 heterocycles. The Labute approximate surface area is 201 Å². The van der Waals surface area contributed by atoms with E-state index < -0.39 is 0 Å². The van der Waals surface area contributed by atoms with Crippen LogP contribution in [0.4, 0.5) is 0 Å². The summed E-state index contributed by atoms with van der Waals surface area (Å²) in [4.78, 5) is 2.57. The number of halogens is 2. The highest BCUT2D eigenvalue weighted by molar-refractivity contribution is 9.11. The van der Waals surface area contributed by atoms with E-state index in [0.29, 0.717) is 0 Å². The van der Waals surface area contributed by atoms with E-state index in [1.54, 1.807) is 22.7 Å². The molecule has 0 aliphatic heterocycles. The zero-order valence-corrected chi connectivity index (χ0v) is 20.6. The Hall–Kier alpha value is -1.98. The van der Waals surface area contributed by atoms with Gasteiger partial charge in [0, 0.05) is 20.9 Å². The van der Waals surface area contributed by atoms with Gasteiger partial charge in [-0.3, -0.25) is 0 Å². The van der Waals surface area contributed by atoms with Crippen molar-refractivity contribution in [2.24, 2.45) is 0 Å². The summed E-state index contributed by atoms with van der Waals surface area (Å²) in [7, 11) is 0. The first-order valence-corrected chi connectivity index (χ1v) is 12.7. The summed E-state index contributed by atoms with van der Waals surface area (Å²) in [6.07, 6.45) is 0. The fraction of sp³-hybridized carbons (Fsp3) is 0. The number of hydrogen-bond donors (Lipinski definition) is 0. The molecule has 0 aliphatic rings. The Bertz CT molecular complexity index is 1180. The van der Waals surface area contributed by atoms with Gasteiger partial charge in [-0.05, 0) is 66.2 Å². The molecule has 0 atom stereocenters. The second-order valence-electron chi connectivity index (χ2n) is 6.90. The van der Waals surface area contributed by atoms with Crippen molar-refractivity contribution in [1.82, 2.24) is 0 Å². The van der Waals surface area contributed by atoms with E-state index in [9.17, 15) is 0 Å². The monoisotopic (exact) mass is 550 g/mol. The predicted molar refractivity (Wildman–Crippen MR) is 139 cm³/mol. The lowest BCUT2D eigenvalue weighted by atomic mass is 10.00. The zero-order chi connectivity index (χ0) is 20.5. The smallest absolute Gasteiger partial charge is 0.0711 e. The van der Waals surface area contributed by atoms with Gasteiger partial charge in [-0.1, -0.05) is 84.9 Å². The molecule has 0 unspecified atom stereocenters. The highest BCUT2D eigenvalue weighted by Crippen LogP contribution is 2.44. The molecular formula is C26H16Br2S2. The summed E-state index contributed by atoms with van der Waals surface area (Å²) in [5.41, 5.74) is 7.50. The standard InChI is InChI=1S/C26H16Br2S2/c27-23-15-21(17-7-3-1-4-8-17)25(29-23)19-11-13-20(14-12-19)26-22(16-24(28)30-26)18-9-5-2-6-10-18/h1-16H. The molecule has 0 fully saturated rings. The van der Waals surface area contributed by atoms with Crippen molar-refractivity contribution in [3.63, 3.8) is 0 Å². The van der Waals surface area contributed by atoms with Gasteiger partial charge in [-0.2, -0.15) is 0 Å². The van der Waals surface area contributed by atoms with Gasteiger partial charge in [0.25, 0.3) is 0 Å². The van der Waals surface area contributed by atoms with Gasteiger partial charge in [-0.15, -0.1) is 22.7 Å². The largest absolute Gasteiger partial charge is 0.128 e. The third-order valence-electron chi connectivity index (χ3n) is 4.98. The van der Waals surface area contributed by atoms with E-state index in [0.717, 1.165) is 7.57 Å². The first-order chi connectivity index (χ1) is 14.7. The summed E-state index contributed by atoms with van der Waals surface area (Å²) in [5.74, 6) is 0. The van der Waals surface area contributed by atoms with Gasteiger partial charge in [0.2, 0.25) is 0 Å². The van der Waals surface area contributed by atoms with Crippen molar-refractivity contribution in [3.05, 3.63) is 105 Å². The van der Waals surface area contributed by atoms with Crippen LogP contribution in [0, 0.1) is 0 Å². The Morgan fingerprint density at radius 3 is 1.17 bits per heavy atom. The van der Waals surface area contributed by atoms with E-state index in [-0.39, 0.29) is 0 Å². The van der Waals surface area contributed by atoms with Crippen molar-refractivity contribution in [1.29, 1.82) is 0 Å². The maximum Gasteiger partial charge on any atom is 0.0711 e. The molecule has 0 saturated heterocycles. The summed E-state index contributed by atoms with van der Waals surface area (Å²) in [6.45, 7) is 0. The van der Waals surface area contributed by atoms with Crippen molar-refractivity contribution < 1.29 is 0 Å². The number of thiophene rings is 2. The Morgan fingerprint density at radius 1 is 0.433 bits per heavy atom. The van der Waals surface area contributed by atoms with Crippen molar-refractivity contribution in [2.75, 3.05) is 0 Å². The molecule has 0 saturated carbocycles. The number of rotatable bonds is 4. The molecule has 5 aromatic rings. The highest BCUT2D eigenvalue weighted by Gasteiger charge is 2.15. The van der Waals surface area contributed by atoms with Crippen LogP contribution in [0.3, 0.4) is 0 Å². The van der Waals surface area contributed by atoms with Crippen LogP contribution in [-0.2, 0) is 0 Å². The summed E-state index contributed by atoms with van der Waals surface area (Å²) < 4.78 is 2.29. The van der Waals surface area contributed by atoms with Gasteiger partial charge in [0.1, 0.15) is 0 Å². The Balaban J connectivity index is 1.55. The summed E-state index contributed by atoms with van der Waals surface area (Å²) >= 11 is 10.9. The molecule has 0 nitrogen and oxygen atoms in total. The van der Waals surface area contributed by atoms with Crippen LogP contribution >= 0.6 is 54.5 Å². The number of benzene rings is 3. The summed E-state index contributed by atoms with van der Waals surface area (Å²) in [5, 5.41) is 0. The van der Waals surface area contributed by atoms with Crippen molar-refractivity contribution in [2.45, 2.75) is 0 Å². The fourth-order valence-corrected chi connectivity index (χ4v) is 6.84. The molecule has 0 spiro atoms. The second-order valence-corrected chi connectivity index (χ2v) is 11.8. The minimum Gasteiger partial charge on any atom is -0.128 e. The lowest BCUT2D eigenvalue weighted by Crippen LogP contribution is -1.81. The van der Waals surface area contributed by atoms with E-state index in [4.69, 9.17) is 0 Å². The first kappa shape index (κ1) is 20.0. The average molecular weight is 552 g/mol. The van der Waals surface area contributed by atoms with Gasteiger partial charge >= 0.3 is 0 Å². The van der Waals surface area contributed by atoms with Crippen LogP contribution in [0.2, 0.25) is 0 Å². The molecule has 0 bridgehead atoms. The van der Waals surface area contributed by atoms with Crippen LogP contribution in [0.1, 0.15) is 0 Å². The molecular weight excluding hydrogens is 536 g/mol. The van der Waals surface area contributed by atoms with E-state index >= 15 is 0 Å². The molecule has 146 valence electrons. The van der Waals surface area contributed by atoms with E-state index in [1.807, 2.05) is 0 Å². The van der Waals surface area contributed by atoms with Crippen LogP contribution in [0.15, 0.2) is 105 Å². The Kier molecular flexibility index (Phi) is 5.74. The average Bonchev–Trinajstić information content (AvgIpc) is 3.38. The van der Waals surface area contributed by atoms with Gasteiger partial charge < -0.3 is 0 Å². The van der Waals surface area contributed by atoms with E-state index in [2.05, 4.69) is 129 Å². The van der Waals surface area contributed by atoms with Gasteiger partial charge in [0.15, 0.2) is 0 Å². The van der Waals surface area contributed by atoms with Crippen LogP contribution in [0.5, 0.6) is 0 Å². The minimum absolute atomic E-state index is 1.15. The third kappa shape index (κ3) is 3.97. The Morgan fingerprint density at radius 2 is 0.800 bits per heavy atom. The molecule has 0 amide bonds. The van der Waals surface area contributed by atoms with Crippen LogP contribution < -0.4 is 0 Å². The molecule has 2 aromatic heterocycles. The second kappa shape index (κ2) is 8.64. The maximum atomic E-state index is 3.68. The molecule has 5 rings (SSSR count). The van der Waals surface area contributed by atoms with Crippen molar-refractivity contribution >= 4 is 54.5 Å². The normalized spacial score (nSPS) is 11.0. The van der Waals surface area contributed by atoms with Crippen molar-refractivity contribution in [3.8, 4) is 43.1 Å². The predicted octanol–water partition coefficient (Wildman–Crippen LogP) is 10.0.